The maximum atomic E-state index is 12.3. The number of carbonyl (C=O) groups excluding carboxylic acids is 1. The zero-order valence-electron chi connectivity index (χ0n) is 13.1. The first kappa shape index (κ1) is 16.0. The van der Waals surface area contributed by atoms with Crippen LogP contribution in [0.2, 0.25) is 0 Å². The van der Waals surface area contributed by atoms with E-state index in [-0.39, 0.29) is 5.91 Å². The molecule has 1 aromatic rings. The molecule has 4 nitrogen and oxygen atoms in total. The molecular weight excluding hydrogens is 262 g/mol. The Morgan fingerprint density at radius 2 is 1.90 bits per heavy atom. The fourth-order valence-electron chi connectivity index (χ4n) is 2.79. The van der Waals surface area contributed by atoms with Crippen LogP contribution in [0.1, 0.15) is 24.0 Å². The van der Waals surface area contributed by atoms with E-state index in [9.17, 15) is 4.79 Å². The number of amides is 1. The van der Waals surface area contributed by atoms with Gasteiger partial charge in [-0.05, 0) is 31.9 Å². The number of hydrogen-bond donors (Lipinski definition) is 1. The van der Waals surface area contributed by atoms with Crippen LogP contribution in [0.15, 0.2) is 24.3 Å². The molecule has 2 rings (SSSR count). The van der Waals surface area contributed by atoms with Crippen molar-refractivity contribution in [1.29, 1.82) is 0 Å². The second kappa shape index (κ2) is 8.15. The molecule has 1 saturated heterocycles. The Morgan fingerprint density at radius 1 is 1.14 bits per heavy atom. The van der Waals surface area contributed by atoms with Gasteiger partial charge < -0.3 is 15.5 Å². The molecule has 116 valence electrons. The highest BCUT2D eigenvalue weighted by molar-refractivity contribution is 5.76. The molecule has 4 heteroatoms. The van der Waals surface area contributed by atoms with E-state index in [1.807, 2.05) is 4.90 Å². The van der Waals surface area contributed by atoms with Gasteiger partial charge in [0.1, 0.15) is 0 Å². The third-order valence-electron chi connectivity index (χ3n) is 4.13. The lowest BCUT2D eigenvalue weighted by Gasteiger charge is -2.21. The van der Waals surface area contributed by atoms with Gasteiger partial charge in [0.05, 0.1) is 0 Å². The number of aryl methyl sites for hydroxylation is 2. The second-order valence-corrected chi connectivity index (χ2v) is 5.85. The summed E-state index contributed by atoms with van der Waals surface area (Å²) in [6.45, 7) is 7.44. The standard InChI is InChI=1S/C17H27N3O/c1-15-3-5-16(6-4-15)7-8-17(21)20-11-2-10-19(12-9-18)13-14-20/h3-6H,2,7-14,18H2,1H3. The summed E-state index contributed by atoms with van der Waals surface area (Å²) >= 11 is 0. The van der Waals surface area contributed by atoms with Gasteiger partial charge in [0.25, 0.3) is 0 Å². The highest BCUT2D eigenvalue weighted by Crippen LogP contribution is 2.09. The lowest BCUT2D eigenvalue weighted by molar-refractivity contribution is -0.131. The quantitative estimate of drug-likeness (QED) is 0.892. The number of benzene rings is 1. The minimum Gasteiger partial charge on any atom is -0.341 e. The molecule has 1 aromatic carbocycles. The topological polar surface area (TPSA) is 49.6 Å². The minimum atomic E-state index is 0.283. The average molecular weight is 289 g/mol. The fourth-order valence-corrected chi connectivity index (χ4v) is 2.79. The highest BCUT2D eigenvalue weighted by atomic mass is 16.2. The Balaban J connectivity index is 1.79. The van der Waals surface area contributed by atoms with Gasteiger partial charge in [-0.25, -0.2) is 0 Å². The molecule has 21 heavy (non-hydrogen) atoms. The van der Waals surface area contributed by atoms with E-state index < -0.39 is 0 Å². The molecule has 0 unspecified atom stereocenters. The summed E-state index contributed by atoms with van der Waals surface area (Å²) in [4.78, 5) is 16.7. The van der Waals surface area contributed by atoms with Crippen LogP contribution in [0.5, 0.6) is 0 Å². The van der Waals surface area contributed by atoms with Crippen LogP contribution in [-0.4, -0.2) is 55.0 Å². The Labute approximate surface area is 127 Å². The summed E-state index contributed by atoms with van der Waals surface area (Å²) in [5, 5.41) is 0. The van der Waals surface area contributed by atoms with Gasteiger partial charge in [-0.1, -0.05) is 29.8 Å². The molecule has 0 aromatic heterocycles. The van der Waals surface area contributed by atoms with Crippen LogP contribution in [-0.2, 0) is 11.2 Å². The molecule has 0 saturated carbocycles. The monoisotopic (exact) mass is 289 g/mol. The van der Waals surface area contributed by atoms with E-state index in [2.05, 4.69) is 36.1 Å². The molecule has 0 spiro atoms. The van der Waals surface area contributed by atoms with E-state index in [1.54, 1.807) is 0 Å². The smallest absolute Gasteiger partial charge is 0.222 e. The summed E-state index contributed by atoms with van der Waals surface area (Å²) in [6.07, 6.45) is 2.50. The third-order valence-corrected chi connectivity index (χ3v) is 4.13. The molecule has 0 radical (unpaired) electrons. The zero-order chi connectivity index (χ0) is 15.1. The van der Waals surface area contributed by atoms with Gasteiger partial charge >= 0.3 is 0 Å². The Bertz CT molecular complexity index is 444. The van der Waals surface area contributed by atoms with Crippen LogP contribution < -0.4 is 5.73 Å². The van der Waals surface area contributed by atoms with Crippen molar-refractivity contribution in [3.63, 3.8) is 0 Å². The van der Waals surface area contributed by atoms with Crippen LogP contribution in [0.4, 0.5) is 0 Å². The van der Waals surface area contributed by atoms with Crippen molar-refractivity contribution in [2.45, 2.75) is 26.2 Å². The van der Waals surface area contributed by atoms with Crippen LogP contribution in [0.25, 0.3) is 0 Å². The largest absolute Gasteiger partial charge is 0.341 e. The SMILES string of the molecule is Cc1ccc(CCC(=O)N2CCCN(CCN)CC2)cc1. The maximum absolute atomic E-state index is 12.3. The predicted molar refractivity (Wildman–Crippen MR) is 86.2 cm³/mol. The van der Waals surface area contributed by atoms with Gasteiger partial charge in [-0.2, -0.15) is 0 Å². The molecule has 1 aliphatic rings. The van der Waals surface area contributed by atoms with Crippen molar-refractivity contribution in [2.75, 3.05) is 39.3 Å². The first-order chi connectivity index (χ1) is 10.2. The number of carbonyl (C=O) groups is 1. The maximum Gasteiger partial charge on any atom is 0.222 e. The van der Waals surface area contributed by atoms with Crippen molar-refractivity contribution in [3.8, 4) is 0 Å². The van der Waals surface area contributed by atoms with E-state index in [0.29, 0.717) is 13.0 Å². The average Bonchev–Trinajstić information content (AvgIpc) is 2.72. The summed E-state index contributed by atoms with van der Waals surface area (Å²) in [5.41, 5.74) is 8.11. The molecule has 1 amide bonds. The molecule has 0 aliphatic carbocycles. The highest BCUT2D eigenvalue weighted by Gasteiger charge is 2.18. The van der Waals surface area contributed by atoms with E-state index in [4.69, 9.17) is 5.73 Å². The van der Waals surface area contributed by atoms with Crippen LogP contribution >= 0.6 is 0 Å². The number of nitrogens with zero attached hydrogens (tertiary/aromatic N) is 2. The summed E-state index contributed by atoms with van der Waals surface area (Å²) in [7, 11) is 0. The molecule has 1 aliphatic heterocycles. The molecule has 1 fully saturated rings. The van der Waals surface area contributed by atoms with Gasteiger partial charge in [0.15, 0.2) is 0 Å². The molecule has 0 atom stereocenters. The van der Waals surface area contributed by atoms with E-state index in [0.717, 1.165) is 45.6 Å². The number of rotatable bonds is 5. The Morgan fingerprint density at radius 3 is 2.62 bits per heavy atom. The van der Waals surface area contributed by atoms with Crippen LogP contribution in [0, 0.1) is 6.92 Å². The first-order valence-corrected chi connectivity index (χ1v) is 7.95. The molecule has 0 bridgehead atoms. The van der Waals surface area contributed by atoms with Crippen molar-refractivity contribution in [3.05, 3.63) is 35.4 Å². The lowest BCUT2D eigenvalue weighted by atomic mass is 10.1. The predicted octanol–water partition coefficient (Wildman–Crippen LogP) is 1.42. The van der Waals surface area contributed by atoms with Gasteiger partial charge in [-0.15, -0.1) is 0 Å². The summed E-state index contributed by atoms with van der Waals surface area (Å²) in [6, 6.07) is 8.45. The Hall–Kier alpha value is -1.39. The zero-order valence-corrected chi connectivity index (χ0v) is 13.1. The van der Waals surface area contributed by atoms with Crippen LogP contribution in [0.3, 0.4) is 0 Å². The number of nitrogens with two attached hydrogens (primary N) is 1. The lowest BCUT2D eigenvalue weighted by Crippen LogP contribution is -2.36. The van der Waals surface area contributed by atoms with Crippen molar-refractivity contribution in [2.24, 2.45) is 5.73 Å². The number of hydrogen-bond acceptors (Lipinski definition) is 3. The summed E-state index contributed by atoms with van der Waals surface area (Å²) in [5.74, 6) is 0.283. The van der Waals surface area contributed by atoms with Crippen molar-refractivity contribution in [1.82, 2.24) is 9.80 Å². The molecule has 1 heterocycles. The third kappa shape index (κ3) is 5.14. The minimum absolute atomic E-state index is 0.283. The summed E-state index contributed by atoms with van der Waals surface area (Å²) < 4.78 is 0. The second-order valence-electron chi connectivity index (χ2n) is 5.85. The molecular formula is C17H27N3O. The van der Waals surface area contributed by atoms with Crippen molar-refractivity contribution >= 4 is 5.91 Å². The van der Waals surface area contributed by atoms with E-state index >= 15 is 0 Å². The molecule has 2 N–H and O–H groups in total. The van der Waals surface area contributed by atoms with Crippen molar-refractivity contribution < 1.29 is 4.79 Å². The first-order valence-electron chi connectivity index (χ1n) is 7.95. The fraction of sp³-hybridized carbons (Fsp3) is 0.588. The normalized spacial score (nSPS) is 16.8. The van der Waals surface area contributed by atoms with Gasteiger partial charge in [0.2, 0.25) is 5.91 Å². The van der Waals surface area contributed by atoms with Gasteiger partial charge in [-0.3, -0.25) is 4.79 Å². The Kier molecular flexibility index (Phi) is 6.21. The van der Waals surface area contributed by atoms with E-state index in [1.165, 1.54) is 11.1 Å². The van der Waals surface area contributed by atoms with Gasteiger partial charge in [0, 0.05) is 39.1 Å².